The number of aryl methyl sites for hydroxylation is 1. The Morgan fingerprint density at radius 1 is 1.09 bits per heavy atom. The van der Waals surface area contributed by atoms with Crippen LogP contribution in [-0.2, 0) is 26.0 Å². The van der Waals surface area contributed by atoms with E-state index < -0.39 is 28.5 Å². The van der Waals surface area contributed by atoms with Gasteiger partial charge in [-0.3, -0.25) is 13.9 Å². The molecule has 0 bridgehead atoms. The Balaban J connectivity index is 2.40. The first kappa shape index (κ1) is 27.7. The molecule has 1 N–H and O–H groups in total. The second-order valence-electron chi connectivity index (χ2n) is 8.61. The first-order chi connectivity index (χ1) is 15.9. The molecule has 0 unspecified atom stereocenters. The summed E-state index contributed by atoms with van der Waals surface area (Å²) in [6.45, 7) is 7.15. The third-order valence-corrected chi connectivity index (χ3v) is 6.78. The number of carbonyl (C=O) groups excluding carboxylic acids is 2. The van der Waals surface area contributed by atoms with E-state index in [1.807, 2.05) is 51.1 Å². The van der Waals surface area contributed by atoms with Crippen molar-refractivity contribution < 1.29 is 18.0 Å². The highest BCUT2D eigenvalue weighted by molar-refractivity contribution is 7.92. The van der Waals surface area contributed by atoms with Crippen LogP contribution in [0, 0.1) is 6.92 Å². The van der Waals surface area contributed by atoms with Crippen LogP contribution in [0.15, 0.2) is 48.5 Å². The van der Waals surface area contributed by atoms with Gasteiger partial charge in [0.05, 0.1) is 11.9 Å². The van der Waals surface area contributed by atoms with Gasteiger partial charge in [0.2, 0.25) is 21.8 Å². The van der Waals surface area contributed by atoms with Crippen molar-refractivity contribution in [1.29, 1.82) is 0 Å². The lowest BCUT2D eigenvalue weighted by atomic mass is 10.1. The van der Waals surface area contributed by atoms with Crippen LogP contribution in [0.1, 0.15) is 38.3 Å². The summed E-state index contributed by atoms with van der Waals surface area (Å²) in [5.41, 5.74) is 2.03. The van der Waals surface area contributed by atoms with Crippen molar-refractivity contribution in [1.82, 2.24) is 10.2 Å². The van der Waals surface area contributed by atoms with Gasteiger partial charge in [0.1, 0.15) is 12.6 Å². The van der Waals surface area contributed by atoms with Gasteiger partial charge >= 0.3 is 0 Å². The summed E-state index contributed by atoms with van der Waals surface area (Å²) in [5.74, 6) is -0.713. The molecule has 0 fully saturated rings. The van der Waals surface area contributed by atoms with E-state index in [1.54, 1.807) is 19.1 Å². The average Bonchev–Trinajstić information content (AvgIpc) is 2.76. The van der Waals surface area contributed by atoms with E-state index in [0.717, 1.165) is 16.1 Å². The van der Waals surface area contributed by atoms with Gasteiger partial charge in [-0.1, -0.05) is 54.9 Å². The van der Waals surface area contributed by atoms with E-state index in [-0.39, 0.29) is 18.5 Å². The summed E-state index contributed by atoms with van der Waals surface area (Å²) in [6.07, 6.45) is 1.99. The molecule has 0 heterocycles. The Morgan fingerprint density at radius 3 is 2.29 bits per heavy atom. The van der Waals surface area contributed by atoms with Crippen molar-refractivity contribution in [2.75, 3.05) is 23.7 Å². The summed E-state index contributed by atoms with van der Waals surface area (Å²) in [5, 5.41) is 3.24. The Bertz CT molecular complexity index is 1090. The number of rotatable bonds is 11. The second-order valence-corrected chi connectivity index (χ2v) is 11.0. The van der Waals surface area contributed by atoms with Crippen LogP contribution in [-0.4, -0.2) is 56.6 Å². The smallest absolute Gasteiger partial charge is 0.244 e. The third-order valence-electron chi connectivity index (χ3n) is 5.42. The zero-order valence-electron chi connectivity index (χ0n) is 20.4. The maximum atomic E-state index is 13.6. The SMILES string of the molecule is CC[C@@H](C(=O)NC(C)C)N(CCc1ccccc1)C(=O)CN(c1cc(Cl)ccc1C)S(C)(=O)=O. The molecule has 9 heteroatoms. The molecular weight excluding hydrogens is 474 g/mol. The largest absolute Gasteiger partial charge is 0.352 e. The molecule has 2 aromatic carbocycles. The first-order valence-electron chi connectivity index (χ1n) is 11.3. The highest BCUT2D eigenvalue weighted by Crippen LogP contribution is 2.26. The number of hydrogen-bond donors (Lipinski definition) is 1. The molecule has 0 aliphatic rings. The minimum atomic E-state index is -3.80. The summed E-state index contributed by atoms with van der Waals surface area (Å²) >= 11 is 6.12. The number of carbonyl (C=O) groups is 2. The molecule has 0 radical (unpaired) electrons. The molecule has 2 aromatic rings. The van der Waals surface area contributed by atoms with Crippen molar-refractivity contribution >= 4 is 39.1 Å². The molecule has 0 spiro atoms. The lowest BCUT2D eigenvalue weighted by Crippen LogP contribution is -2.54. The topological polar surface area (TPSA) is 86.8 Å². The maximum Gasteiger partial charge on any atom is 0.244 e. The van der Waals surface area contributed by atoms with Gasteiger partial charge in [0.25, 0.3) is 0 Å². The van der Waals surface area contributed by atoms with E-state index >= 15 is 0 Å². The Labute approximate surface area is 208 Å². The van der Waals surface area contributed by atoms with Crippen molar-refractivity contribution in [3.05, 3.63) is 64.7 Å². The monoisotopic (exact) mass is 507 g/mol. The minimum Gasteiger partial charge on any atom is -0.352 e. The van der Waals surface area contributed by atoms with Crippen LogP contribution in [0.2, 0.25) is 5.02 Å². The lowest BCUT2D eigenvalue weighted by molar-refractivity contribution is -0.139. The van der Waals surface area contributed by atoms with Crippen LogP contribution in [0.5, 0.6) is 0 Å². The summed E-state index contributed by atoms with van der Waals surface area (Å²) in [6, 6.07) is 13.7. The summed E-state index contributed by atoms with van der Waals surface area (Å²) in [4.78, 5) is 28.0. The van der Waals surface area contributed by atoms with Gasteiger partial charge in [0, 0.05) is 17.6 Å². The Kier molecular flexibility index (Phi) is 9.94. The average molecular weight is 508 g/mol. The summed E-state index contributed by atoms with van der Waals surface area (Å²) in [7, 11) is -3.80. The molecule has 34 heavy (non-hydrogen) atoms. The zero-order chi connectivity index (χ0) is 25.5. The molecule has 2 amide bonds. The van der Waals surface area contributed by atoms with Crippen LogP contribution in [0.4, 0.5) is 5.69 Å². The highest BCUT2D eigenvalue weighted by Gasteiger charge is 2.32. The number of amides is 2. The number of nitrogens with one attached hydrogen (secondary N) is 1. The van der Waals surface area contributed by atoms with E-state index in [9.17, 15) is 18.0 Å². The van der Waals surface area contributed by atoms with Crippen LogP contribution in [0.3, 0.4) is 0 Å². The van der Waals surface area contributed by atoms with Crippen molar-refractivity contribution in [2.24, 2.45) is 0 Å². The normalized spacial score (nSPS) is 12.3. The van der Waals surface area contributed by atoms with Gasteiger partial charge in [0.15, 0.2) is 0 Å². The molecule has 2 rings (SSSR count). The number of halogens is 1. The van der Waals surface area contributed by atoms with E-state index in [4.69, 9.17) is 11.6 Å². The molecule has 0 aliphatic carbocycles. The fraction of sp³-hybridized carbons (Fsp3) is 0.440. The number of hydrogen-bond acceptors (Lipinski definition) is 4. The fourth-order valence-corrected chi connectivity index (χ4v) is 4.79. The zero-order valence-corrected chi connectivity index (χ0v) is 22.0. The van der Waals surface area contributed by atoms with Crippen LogP contribution in [0.25, 0.3) is 0 Å². The van der Waals surface area contributed by atoms with Crippen molar-refractivity contribution in [3.8, 4) is 0 Å². The second kappa shape index (κ2) is 12.2. The van der Waals surface area contributed by atoms with Gasteiger partial charge in [-0.15, -0.1) is 0 Å². The predicted octanol–water partition coefficient (Wildman–Crippen LogP) is 3.79. The van der Waals surface area contributed by atoms with Gasteiger partial charge < -0.3 is 10.2 Å². The Morgan fingerprint density at radius 2 is 1.74 bits per heavy atom. The maximum absolute atomic E-state index is 13.6. The third kappa shape index (κ3) is 7.74. The van der Waals surface area contributed by atoms with Crippen molar-refractivity contribution in [3.63, 3.8) is 0 Å². The van der Waals surface area contributed by atoms with E-state index in [1.165, 1.54) is 11.0 Å². The fourth-order valence-electron chi connectivity index (χ4n) is 3.72. The number of anilines is 1. The predicted molar refractivity (Wildman–Crippen MR) is 138 cm³/mol. The first-order valence-corrected chi connectivity index (χ1v) is 13.5. The Hall–Kier alpha value is -2.58. The molecular formula is C25H34ClN3O4S. The highest BCUT2D eigenvalue weighted by atomic mass is 35.5. The van der Waals surface area contributed by atoms with Crippen LogP contribution >= 0.6 is 11.6 Å². The number of sulfonamides is 1. The van der Waals surface area contributed by atoms with E-state index in [2.05, 4.69) is 5.32 Å². The van der Waals surface area contributed by atoms with E-state index in [0.29, 0.717) is 29.1 Å². The van der Waals surface area contributed by atoms with Gasteiger partial charge in [-0.2, -0.15) is 0 Å². The molecule has 0 aliphatic heterocycles. The molecule has 0 aromatic heterocycles. The van der Waals surface area contributed by atoms with Crippen molar-refractivity contribution in [2.45, 2.75) is 52.6 Å². The van der Waals surface area contributed by atoms with Crippen LogP contribution < -0.4 is 9.62 Å². The molecule has 1 atom stereocenters. The molecule has 0 saturated heterocycles. The summed E-state index contributed by atoms with van der Waals surface area (Å²) < 4.78 is 26.4. The lowest BCUT2D eigenvalue weighted by Gasteiger charge is -2.33. The minimum absolute atomic E-state index is 0.0887. The number of benzene rings is 2. The number of nitrogens with zero attached hydrogens (tertiary/aromatic N) is 2. The van der Waals surface area contributed by atoms with Gasteiger partial charge in [-0.25, -0.2) is 8.42 Å². The standard InChI is InChI=1S/C25H34ClN3O4S/c1-6-22(25(31)27-18(2)3)28(15-14-20-10-8-7-9-11-20)24(30)17-29(34(5,32)33)23-16-21(26)13-12-19(23)4/h7-13,16,18,22H,6,14-15,17H2,1-5H3,(H,27,31)/t22-/m0/s1. The molecule has 186 valence electrons. The molecule has 0 saturated carbocycles. The van der Waals surface area contributed by atoms with Gasteiger partial charge in [-0.05, 0) is 56.9 Å². The molecule has 7 nitrogen and oxygen atoms in total. The quantitative estimate of drug-likeness (QED) is 0.501.